The highest BCUT2D eigenvalue weighted by Crippen LogP contribution is 2.19. The monoisotopic (exact) mass is 276 g/mol. The van der Waals surface area contributed by atoms with Crippen molar-refractivity contribution in [2.45, 2.75) is 31.0 Å². The third-order valence-electron chi connectivity index (χ3n) is 2.14. The third-order valence-corrected chi connectivity index (χ3v) is 3.45. The summed E-state index contributed by atoms with van der Waals surface area (Å²) in [5.41, 5.74) is 6.77. The number of anilines is 1. The van der Waals surface area contributed by atoms with Crippen molar-refractivity contribution in [1.29, 1.82) is 0 Å². The van der Waals surface area contributed by atoms with Gasteiger partial charge in [-0.15, -0.1) is 0 Å². The first-order valence-corrected chi connectivity index (χ1v) is 5.96. The molecule has 14 heavy (non-hydrogen) atoms. The van der Waals surface area contributed by atoms with Crippen LogP contribution in [-0.4, -0.2) is 9.81 Å². The largest absolute Gasteiger partial charge is 0.383 e. The van der Waals surface area contributed by atoms with Crippen molar-refractivity contribution in [1.82, 2.24) is 4.98 Å². The molecule has 0 aliphatic rings. The molecule has 2 N–H and O–H groups in total. The van der Waals surface area contributed by atoms with Crippen molar-refractivity contribution < 1.29 is 0 Å². The summed E-state index contributed by atoms with van der Waals surface area (Å²) in [6.07, 6.45) is 4.67. The number of pyridine rings is 1. The molecule has 1 atom stereocenters. The maximum absolute atomic E-state index is 5.84. The minimum Gasteiger partial charge on any atom is -0.383 e. The van der Waals surface area contributed by atoms with Gasteiger partial charge in [-0.2, -0.15) is 0 Å². The lowest BCUT2D eigenvalue weighted by Gasteiger charge is -2.08. The minimum absolute atomic E-state index is 0.542. The van der Waals surface area contributed by atoms with Gasteiger partial charge in [0.05, 0.1) is 5.02 Å². The normalized spacial score (nSPS) is 12.8. The highest BCUT2D eigenvalue weighted by atomic mass is 79.9. The van der Waals surface area contributed by atoms with Crippen LogP contribution in [0, 0.1) is 0 Å². The van der Waals surface area contributed by atoms with E-state index in [1.807, 2.05) is 6.07 Å². The van der Waals surface area contributed by atoms with E-state index >= 15 is 0 Å². The van der Waals surface area contributed by atoms with E-state index in [1.165, 1.54) is 0 Å². The van der Waals surface area contributed by atoms with Crippen LogP contribution in [0.4, 0.5) is 5.82 Å². The Bertz CT molecular complexity index is 304. The topological polar surface area (TPSA) is 38.9 Å². The second kappa shape index (κ2) is 5.56. The smallest absolute Gasteiger partial charge is 0.126 e. The van der Waals surface area contributed by atoms with Crippen molar-refractivity contribution in [3.05, 3.63) is 22.8 Å². The Morgan fingerprint density at radius 1 is 1.64 bits per heavy atom. The van der Waals surface area contributed by atoms with Crippen molar-refractivity contribution in [2.75, 3.05) is 5.73 Å². The zero-order valence-corrected chi connectivity index (χ0v) is 10.5. The SMILES string of the molecule is CCC(Br)CCc1cc(Cl)cnc1N. The number of hydrogen-bond donors (Lipinski definition) is 1. The van der Waals surface area contributed by atoms with Crippen LogP contribution in [-0.2, 0) is 6.42 Å². The maximum atomic E-state index is 5.84. The molecule has 0 saturated carbocycles. The van der Waals surface area contributed by atoms with Crippen molar-refractivity contribution in [2.24, 2.45) is 0 Å². The van der Waals surface area contributed by atoms with Gasteiger partial charge in [-0.1, -0.05) is 34.5 Å². The predicted octanol–water partition coefficient (Wildman–Crippen LogP) is 3.42. The van der Waals surface area contributed by atoms with Gasteiger partial charge in [-0.3, -0.25) is 0 Å². The fourth-order valence-corrected chi connectivity index (χ4v) is 1.62. The number of hydrogen-bond acceptors (Lipinski definition) is 2. The molecule has 0 saturated heterocycles. The number of alkyl halides is 1. The van der Waals surface area contributed by atoms with Crippen molar-refractivity contribution >= 4 is 33.3 Å². The molecule has 0 fully saturated rings. The van der Waals surface area contributed by atoms with Crippen LogP contribution < -0.4 is 5.73 Å². The lowest BCUT2D eigenvalue weighted by atomic mass is 10.1. The zero-order chi connectivity index (χ0) is 10.6. The Labute approximate surface area is 98.0 Å². The Morgan fingerprint density at radius 3 is 3.00 bits per heavy atom. The van der Waals surface area contributed by atoms with Gasteiger partial charge in [-0.25, -0.2) is 4.98 Å². The highest BCUT2D eigenvalue weighted by Gasteiger charge is 2.05. The maximum Gasteiger partial charge on any atom is 0.126 e. The standard InChI is InChI=1S/C10H14BrClN2/c1-2-8(11)4-3-7-5-9(12)6-14-10(7)13/h5-6,8H,2-4H2,1H3,(H2,13,14). The Kier molecular flexibility index (Phi) is 4.69. The summed E-state index contributed by atoms with van der Waals surface area (Å²) in [7, 11) is 0. The van der Waals surface area contributed by atoms with E-state index in [0.717, 1.165) is 24.8 Å². The molecule has 4 heteroatoms. The fourth-order valence-electron chi connectivity index (χ4n) is 1.21. The summed E-state index contributed by atoms with van der Waals surface area (Å²) in [5.74, 6) is 0.588. The van der Waals surface area contributed by atoms with Gasteiger partial charge in [0.1, 0.15) is 5.82 Å². The van der Waals surface area contributed by atoms with Crippen LogP contribution in [0.3, 0.4) is 0 Å². The average Bonchev–Trinajstić information content (AvgIpc) is 2.19. The fraction of sp³-hybridized carbons (Fsp3) is 0.500. The van der Waals surface area contributed by atoms with Gasteiger partial charge in [0.25, 0.3) is 0 Å². The summed E-state index contributed by atoms with van der Waals surface area (Å²) in [4.78, 5) is 4.56. The molecule has 0 spiro atoms. The third kappa shape index (κ3) is 3.46. The Morgan fingerprint density at radius 2 is 2.36 bits per heavy atom. The summed E-state index contributed by atoms with van der Waals surface area (Å²) in [6.45, 7) is 2.15. The van der Waals surface area contributed by atoms with E-state index in [2.05, 4.69) is 27.8 Å². The number of nitrogens with two attached hydrogens (primary N) is 1. The van der Waals surface area contributed by atoms with E-state index in [1.54, 1.807) is 6.20 Å². The average molecular weight is 278 g/mol. The quantitative estimate of drug-likeness (QED) is 0.857. The van der Waals surface area contributed by atoms with Crippen LogP contribution >= 0.6 is 27.5 Å². The number of aromatic nitrogens is 1. The molecular weight excluding hydrogens is 263 g/mol. The molecule has 0 amide bonds. The number of halogens is 2. The lowest BCUT2D eigenvalue weighted by Crippen LogP contribution is -2.02. The molecule has 0 aliphatic heterocycles. The van der Waals surface area contributed by atoms with Gasteiger partial charge in [0.15, 0.2) is 0 Å². The van der Waals surface area contributed by atoms with Crippen molar-refractivity contribution in [3.8, 4) is 0 Å². The summed E-state index contributed by atoms with van der Waals surface area (Å²) in [6, 6.07) is 1.89. The van der Waals surface area contributed by atoms with Gasteiger partial charge in [0, 0.05) is 11.0 Å². The summed E-state index contributed by atoms with van der Waals surface area (Å²) in [5, 5.41) is 0.650. The van der Waals surface area contributed by atoms with E-state index in [9.17, 15) is 0 Å². The number of nitrogen functional groups attached to an aromatic ring is 1. The van der Waals surface area contributed by atoms with Gasteiger partial charge in [0.2, 0.25) is 0 Å². The van der Waals surface area contributed by atoms with Crippen LogP contribution in [0.25, 0.3) is 0 Å². The van der Waals surface area contributed by atoms with Gasteiger partial charge >= 0.3 is 0 Å². The van der Waals surface area contributed by atoms with E-state index in [0.29, 0.717) is 15.7 Å². The molecule has 1 aromatic heterocycles. The van der Waals surface area contributed by atoms with Crippen LogP contribution in [0.1, 0.15) is 25.3 Å². The molecule has 1 heterocycles. The van der Waals surface area contributed by atoms with Gasteiger partial charge < -0.3 is 5.73 Å². The molecule has 0 bridgehead atoms. The van der Waals surface area contributed by atoms with Crippen LogP contribution in [0.2, 0.25) is 5.02 Å². The molecule has 0 aromatic carbocycles. The first-order valence-electron chi connectivity index (χ1n) is 4.67. The molecule has 1 rings (SSSR count). The molecule has 78 valence electrons. The molecule has 0 aliphatic carbocycles. The van der Waals surface area contributed by atoms with E-state index in [-0.39, 0.29) is 0 Å². The molecule has 0 radical (unpaired) electrons. The second-order valence-corrected chi connectivity index (χ2v) is 4.97. The highest BCUT2D eigenvalue weighted by molar-refractivity contribution is 9.09. The minimum atomic E-state index is 0.542. The van der Waals surface area contributed by atoms with Crippen LogP contribution in [0.5, 0.6) is 0 Å². The first kappa shape index (κ1) is 11.8. The summed E-state index contributed by atoms with van der Waals surface area (Å²) >= 11 is 9.42. The van der Waals surface area contributed by atoms with E-state index < -0.39 is 0 Å². The van der Waals surface area contributed by atoms with Crippen LogP contribution in [0.15, 0.2) is 12.3 Å². The molecule has 2 nitrogen and oxygen atoms in total. The second-order valence-electron chi connectivity index (χ2n) is 3.24. The lowest BCUT2D eigenvalue weighted by molar-refractivity contribution is 0.746. The Balaban J connectivity index is 2.62. The number of rotatable bonds is 4. The number of aryl methyl sites for hydroxylation is 1. The molecular formula is C10H14BrClN2. The van der Waals surface area contributed by atoms with Crippen molar-refractivity contribution in [3.63, 3.8) is 0 Å². The van der Waals surface area contributed by atoms with Gasteiger partial charge in [-0.05, 0) is 30.9 Å². The number of nitrogens with zero attached hydrogens (tertiary/aromatic N) is 1. The predicted molar refractivity (Wildman–Crippen MR) is 65.0 cm³/mol. The molecule has 1 aromatic rings. The summed E-state index contributed by atoms with van der Waals surface area (Å²) < 4.78 is 0. The van der Waals surface area contributed by atoms with E-state index in [4.69, 9.17) is 17.3 Å². The first-order chi connectivity index (χ1) is 6.63. The zero-order valence-electron chi connectivity index (χ0n) is 8.13. The Hall–Kier alpha value is -0.280. The molecule has 1 unspecified atom stereocenters.